The molecule has 0 spiro atoms. The smallest absolute Gasteiger partial charge is 0.381 e. The van der Waals surface area contributed by atoms with Crippen LogP contribution in [0.4, 0.5) is 22.0 Å². The number of piperidine rings is 1. The van der Waals surface area contributed by atoms with Gasteiger partial charge >= 0.3 is 6.18 Å². The van der Waals surface area contributed by atoms with E-state index in [1.165, 1.54) is 15.4 Å². The summed E-state index contributed by atoms with van der Waals surface area (Å²) in [4.78, 5) is 35.6. The topological polar surface area (TPSA) is 128 Å². The highest BCUT2D eigenvalue weighted by Crippen LogP contribution is 2.41. The molecule has 2 saturated heterocycles. The third-order valence-corrected chi connectivity index (χ3v) is 9.67. The Labute approximate surface area is 268 Å². The third-order valence-electron chi connectivity index (χ3n) is 9.67. The molecule has 3 aliphatic rings. The molecule has 1 saturated carbocycles. The molecule has 11 nitrogen and oxygen atoms in total. The number of nitrogens with zero attached hydrogens (tertiary/aromatic N) is 6. The first kappa shape index (κ1) is 33.2. The van der Waals surface area contributed by atoms with Crippen LogP contribution in [0.3, 0.4) is 0 Å². The fourth-order valence-electron chi connectivity index (χ4n) is 7.00. The molecule has 0 radical (unpaired) electrons. The molecule has 0 bridgehead atoms. The first-order valence-electron chi connectivity index (χ1n) is 16.3. The van der Waals surface area contributed by atoms with Crippen molar-refractivity contribution < 1.29 is 36.3 Å². The first-order chi connectivity index (χ1) is 22.4. The van der Waals surface area contributed by atoms with Gasteiger partial charge in [-0.15, -0.1) is 0 Å². The average molecular weight is 667 g/mol. The van der Waals surface area contributed by atoms with Gasteiger partial charge in [-0.1, -0.05) is 0 Å². The molecule has 47 heavy (non-hydrogen) atoms. The van der Waals surface area contributed by atoms with E-state index in [4.69, 9.17) is 19.8 Å². The number of alkyl halides is 5. The molecule has 1 aliphatic carbocycles. The van der Waals surface area contributed by atoms with E-state index in [1.54, 1.807) is 12.3 Å². The van der Waals surface area contributed by atoms with Crippen LogP contribution in [0.1, 0.15) is 85.5 Å². The second kappa shape index (κ2) is 13.4. The van der Waals surface area contributed by atoms with Crippen molar-refractivity contribution in [2.75, 3.05) is 19.8 Å². The number of amides is 2. The van der Waals surface area contributed by atoms with E-state index in [0.29, 0.717) is 49.0 Å². The molecule has 2 aliphatic heterocycles. The third kappa shape index (κ3) is 7.57. The minimum absolute atomic E-state index is 0.0450. The monoisotopic (exact) mass is 666 g/mol. The Morgan fingerprint density at radius 1 is 1.17 bits per heavy atom. The maximum atomic E-state index is 14.1. The Morgan fingerprint density at radius 3 is 2.66 bits per heavy atom. The molecule has 5 heterocycles. The molecule has 0 unspecified atom stereocenters. The second-order valence-electron chi connectivity index (χ2n) is 13.0. The summed E-state index contributed by atoms with van der Waals surface area (Å²) < 4.78 is 77.7. The average Bonchev–Trinajstić information content (AvgIpc) is 3.68. The quantitative estimate of drug-likeness (QED) is 0.323. The van der Waals surface area contributed by atoms with Crippen LogP contribution < -0.4 is 10.6 Å². The zero-order chi connectivity index (χ0) is 33.3. The summed E-state index contributed by atoms with van der Waals surface area (Å²) in [7, 11) is 0. The van der Waals surface area contributed by atoms with E-state index < -0.39 is 48.3 Å². The van der Waals surface area contributed by atoms with Gasteiger partial charge in [0.05, 0.1) is 35.2 Å². The van der Waals surface area contributed by atoms with Crippen molar-refractivity contribution >= 4 is 17.6 Å². The molecule has 2 amide bonds. The van der Waals surface area contributed by atoms with Crippen LogP contribution >= 0.6 is 0 Å². The maximum absolute atomic E-state index is 14.1. The molecule has 3 aromatic heterocycles. The highest BCUT2D eigenvalue weighted by atomic mass is 19.4. The zero-order valence-electron chi connectivity index (χ0n) is 26.1. The summed E-state index contributed by atoms with van der Waals surface area (Å²) in [5.41, 5.74) is 1.62. The van der Waals surface area contributed by atoms with Crippen LogP contribution in [-0.2, 0) is 28.9 Å². The van der Waals surface area contributed by atoms with Crippen LogP contribution in [0.25, 0.3) is 5.78 Å². The highest BCUT2D eigenvalue weighted by molar-refractivity contribution is 5.92. The molecule has 6 rings (SSSR count). The summed E-state index contributed by atoms with van der Waals surface area (Å²) in [6.07, 6.45) is 0.108. The minimum Gasteiger partial charge on any atom is -0.381 e. The lowest BCUT2D eigenvalue weighted by Crippen LogP contribution is -2.47. The Morgan fingerprint density at radius 2 is 1.96 bits per heavy atom. The number of rotatable bonds is 9. The largest absolute Gasteiger partial charge is 0.393 e. The van der Waals surface area contributed by atoms with Crippen LogP contribution in [0.2, 0.25) is 0 Å². The van der Waals surface area contributed by atoms with Crippen molar-refractivity contribution in [3.63, 3.8) is 0 Å². The van der Waals surface area contributed by atoms with Crippen molar-refractivity contribution in [2.45, 2.75) is 89.4 Å². The van der Waals surface area contributed by atoms with Crippen LogP contribution in [-0.4, -0.2) is 73.0 Å². The molecule has 0 aromatic carbocycles. The SMILES string of the molecule is CCn1nccc1C(=O)N[C@H](c1cn2nc(C[C@H]3C[C@@H](C(F)(F)F)CNC3=O)c(C[C@@H]3CCCOC3)nc2n1)C1CCC(F)(F)CC1. The number of carbonyl (C=O) groups is 2. The number of halogens is 5. The number of imidazole rings is 1. The van der Waals surface area contributed by atoms with E-state index in [9.17, 15) is 31.5 Å². The molecule has 256 valence electrons. The summed E-state index contributed by atoms with van der Waals surface area (Å²) in [6.45, 7) is 3.00. The molecule has 3 aromatic rings. The summed E-state index contributed by atoms with van der Waals surface area (Å²) >= 11 is 0. The highest BCUT2D eigenvalue weighted by Gasteiger charge is 2.45. The maximum Gasteiger partial charge on any atom is 0.393 e. The van der Waals surface area contributed by atoms with E-state index >= 15 is 0 Å². The lowest BCUT2D eigenvalue weighted by Gasteiger charge is -2.33. The lowest BCUT2D eigenvalue weighted by atomic mass is 9.81. The minimum atomic E-state index is -4.44. The van der Waals surface area contributed by atoms with E-state index in [1.807, 2.05) is 6.92 Å². The Kier molecular flexibility index (Phi) is 9.50. The van der Waals surface area contributed by atoms with Gasteiger partial charge in [-0.2, -0.15) is 23.4 Å². The van der Waals surface area contributed by atoms with Crippen molar-refractivity contribution in [3.05, 3.63) is 41.2 Å². The van der Waals surface area contributed by atoms with Gasteiger partial charge in [0.15, 0.2) is 0 Å². The second-order valence-corrected chi connectivity index (χ2v) is 13.0. The van der Waals surface area contributed by atoms with Crippen LogP contribution in [0.15, 0.2) is 18.5 Å². The Hall–Kier alpha value is -3.69. The van der Waals surface area contributed by atoms with Crippen molar-refractivity contribution in [2.24, 2.45) is 23.7 Å². The van der Waals surface area contributed by atoms with Gasteiger partial charge in [0, 0.05) is 57.7 Å². The number of aromatic nitrogens is 6. The Balaban J connectivity index is 1.34. The summed E-state index contributed by atoms with van der Waals surface area (Å²) in [6, 6.07) is 0.841. The standard InChI is InChI=1S/C31H39F5N8O3/c1-2-43-25(7-10-38-43)28(46)41-26(19-5-8-30(32,33)9-6-19)24-16-44-29(40-24)39-22(12-18-4-3-11-47-17-18)23(42-44)14-20-13-21(31(34,35)36)15-37-27(20)45/h7,10,16,18-21,26H,2-6,8-9,11-15,17H2,1H3,(H,37,45)(H,41,46)/t18-,20+,21+,26-/m0/s1. The van der Waals surface area contributed by atoms with Crippen molar-refractivity contribution in [3.8, 4) is 0 Å². The molecule has 4 atom stereocenters. The van der Waals surface area contributed by atoms with Crippen LogP contribution in [0, 0.1) is 23.7 Å². The van der Waals surface area contributed by atoms with Gasteiger partial charge in [-0.05, 0) is 63.4 Å². The fourth-order valence-corrected chi connectivity index (χ4v) is 7.00. The number of carbonyl (C=O) groups excluding carboxylic acids is 2. The van der Waals surface area contributed by atoms with E-state index in [2.05, 4.69) is 15.7 Å². The van der Waals surface area contributed by atoms with Gasteiger partial charge in [0.2, 0.25) is 11.8 Å². The molecule has 16 heteroatoms. The van der Waals surface area contributed by atoms with Gasteiger partial charge in [-0.25, -0.2) is 23.3 Å². The molecule has 2 N–H and O–H groups in total. The molecular weight excluding hydrogens is 627 g/mol. The zero-order valence-corrected chi connectivity index (χ0v) is 26.1. The number of ether oxygens (including phenoxy) is 1. The normalized spacial score (nSPS) is 24.6. The van der Waals surface area contributed by atoms with Gasteiger partial charge in [0.25, 0.3) is 11.7 Å². The number of fused-ring (bicyclic) bond motifs is 1. The van der Waals surface area contributed by atoms with E-state index in [-0.39, 0.29) is 56.1 Å². The van der Waals surface area contributed by atoms with Gasteiger partial charge in [-0.3, -0.25) is 14.3 Å². The van der Waals surface area contributed by atoms with Gasteiger partial charge < -0.3 is 15.4 Å². The van der Waals surface area contributed by atoms with Crippen molar-refractivity contribution in [1.82, 2.24) is 40.0 Å². The number of aryl methyl sites for hydroxylation is 1. The number of nitrogens with one attached hydrogen (secondary N) is 2. The molecule has 3 fully saturated rings. The van der Waals surface area contributed by atoms with Gasteiger partial charge in [0.1, 0.15) is 5.69 Å². The lowest BCUT2D eigenvalue weighted by molar-refractivity contribution is -0.183. The first-order valence-corrected chi connectivity index (χ1v) is 16.3. The fraction of sp³-hybridized carbons (Fsp3) is 0.677. The number of hydrogen-bond acceptors (Lipinski definition) is 7. The van der Waals surface area contributed by atoms with E-state index in [0.717, 1.165) is 12.8 Å². The Bertz CT molecular complexity index is 1570. The number of hydrogen-bond donors (Lipinski definition) is 2. The molecular formula is C31H39F5N8O3. The summed E-state index contributed by atoms with van der Waals surface area (Å²) in [5, 5.41) is 14.3. The summed E-state index contributed by atoms with van der Waals surface area (Å²) in [5.74, 6) is -6.31. The predicted molar refractivity (Wildman–Crippen MR) is 157 cm³/mol. The predicted octanol–water partition coefficient (Wildman–Crippen LogP) is 4.46. The van der Waals surface area contributed by atoms with Crippen LogP contribution in [0.5, 0.6) is 0 Å². The van der Waals surface area contributed by atoms with Crippen molar-refractivity contribution in [1.29, 1.82) is 0 Å².